The van der Waals surface area contributed by atoms with Gasteiger partial charge < -0.3 is 15.1 Å². The van der Waals surface area contributed by atoms with E-state index in [4.69, 9.17) is 6.85 Å². The summed E-state index contributed by atoms with van der Waals surface area (Å²) in [5.41, 5.74) is 1.65. The molecule has 0 unspecified atom stereocenters. The van der Waals surface area contributed by atoms with Gasteiger partial charge in [-0.1, -0.05) is 54.5 Å². The van der Waals surface area contributed by atoms with Gasteiger partial charge in [-0.05, 0) is 36.5 Å². The lowest BCUT2D eigenvalue weighted by Crippen LogP contribution is -2.56. The van der Waals surface area contributed by atoms with Crippen LogP contribution in [0.3, 0.4) is 0 Å². The molecule has 2 aromatic rings. The molecule has 0 radical (unpaired) electrons. The molecule has 2 aromatic carbocycles. The zero-order valence-electron chi connectivity index (χ0n) is 21.4. The number of carbonyl (C=O) groups excluding carboxylic acids is 1. The molecule has 0 bridgehead atoms. The number of carbonyl (C=O) groups is 3. The van der Waals surface area contributed by atoms with Crippen LogP contribution in [0.25, 0.3) is 0 Å². The van der Waals surface area contributed by atoms with Gasteiger partial charge in [-0.2, -0.15) is 0 Å². The summed E-state index contributed by atoms with van der Waals surface area (Å²) < 4.78 is 39.2. The first-order valence-corrected chi connectivity index (χ1v) is 9.58. The first-order valence-electron chi connectivity index (χ1n) is 12.1. The van der Waals surface area contributed by atoms with Gasteiger partial charge >= 0.3 is 11.9 Å². The largest absolute Gasteiger partial charge is 0.480 e. The summed E-state index contributed by atoms with van der Waals surface area (Å²) in [5.74, 6) is -3.01. The monoisotopic (exact) mass is 415 g/mol. The van der Waals surface area contributed by atoms with Crippen LogP contribution in [0, 0.1) is 0 Å². The SMILES string of the molecule is [2H]c1c([2H])c([2H])c(CC[C@H](N[C@@H](C)C(=O)N2Cc3ccccc3C[C@H]2C(=O)O)C(=O)O)c([2H])c1[2H]. The van der Waals surface area contributed by atoms with Crippen LogP contribution in [0.15, 0.2) is 54.5 Å². The lowest BCUT2D eigenvalue weighted by molar-refractivity contribution is -0.152. The van der Waals surface area contributed by atoms with E-state index in [9.17, 15) is 24.6 Å². The maximum atomic E-state index is 13.2. The molecule has 30 heavy (non-hydrogen) atoms. The standard InChI is InChI=1S/C23H26N2O5/c1-15(24-19(22(27)28)12-11-16-7-3-2-4-8-16)21(26)25-14-18-10-6-5-9-17(18)13-20(25)23(29)30/h2-10,15,19-20,24H,11-14H2,1H3,(H,27,28)(H,29,30)/t15-,19-,20-/m0/s1/i2D,3D,4D,7D,8D. The maximum absolute atomic E-state index is 13.2. The predicted molar refractivity (Wildman–Crippen MR) is 111 cm³/mol. The van der Waals surface area contributed by atoms with Gasteiger partial charge in [0, 0.05) is 13.0 Å². The van der Waals surface area contributed by atoms with Crippen molar-refractivity contribution in [1.82, 2.24) is 10.2 Å². The zero-order valence-corrected chi connectivity index (χ0v) is 16.4. The summed E-state index contributed by atoms with van der Waals surface area (Å²) in [5, 5.41) is 22.1. The zero-order chi connectivity index (χ0) is 26.0. The minimum Gasteiger partial charge on any atom is -0.480 e. The number of nitrogens with one attached hydrogen (secondary N) is 1. The van der Waals surface area contributed by atoms with Gasteiger partial charge in [0.05, 0.1) is 12.9 Å². The minimum atomic E-state index is -1.28. The summed E-state index contributed by atoms with van der Waals surface area (Å²) in [4.78, 5) is 38.1. The van der Waals surface area contributed by atoms with Crippen molar-refractivity contribution in [1.29, 1.82) is 0 Å². The predicted octanol–water partition coefficient (Wildman–Crippen LogP) is 2.09. The third-order valence-corrected chi connectivity index (χ3v) is 5.17. The summed E-state index contributed by atoms with van der Waals surface area (Å²) in [6.45, 7) is 1.53. The van der Waals surface area contributed by atoms with Gasteiger partial charge in [-0.25, -0.2) is 4.79 Å². The molecule has 0 saturated heterocycles. The molecule has 158 valence electrons. The van der Waals surface area contributed by atoms with Crippen LogP contribution in [0.4, 0.5) is 0 Å². The number of amides is 1. The summed E-state index contributed by atoms with van der Waals surface area (Å²) in [6.07, 6.45) is -0.136. The van der Waals surface area contributed by atoms with Crippen molar-refractivity contribution < 1.29 is 31.5 Å². The molecule has 3 atom stereocenters. The molecule has 0 spiro atoms. The minimum absolute atomic E-state index is 0.0124. The third-order valence-electron chi connectivity index (χ3n) is 5.17. The second kappa shape index (κ2) is 9.54. The Balaban J connectivity index is 1.76. The summed E-state index contributed by atoms with van der Waals surface area (Å²) >= 11 is 0. The fraction of sp³-hybridized carbons (Fsp3) is 0.348. The Bertz CT molecular complexity index is 1150. The van der Waals surface area contributed by atoms with E-state index in [2.05, 4.69) is 5.32 Å². The second-order valence-corrected chi connectivity index (χ2v) is 7.21. The third kappa shape index (κ3) is 5.04. The number of hydrogen-bond donors (Lipinski definition) is 3. The van der Waals surface area contributed by atoms with Crippen LogP contribution in [0.1, 0.15) is 36.9 Å². The van der Waals surface area contributed by atoms with Crippen molar-refractivity contribution in [2.45, 2.75) is 50.9 Å². The molecule has 0 fully saturated rings. The Hall–Kier alpha value is -3.19. The highest BCUT2D eigenvalue weighted by Crippen LogP contribution is 2.24. The molecular formula is C23H26N2O5. The average Bonchev–Trinajstić information content (AvgIpc) is 2.83. The number of fused-ring (bicyclic) bond motifs is 1. The van der Waals surface area contributed by atoms with Gasteiger partial charge in [0.25, 0.3) is 0 Å². The van der Waals surface area contributed by atoms with Gasteiger partial charge in [-0.15, -0.1) is 0 Å². The molecule has 0 saturated carbocycles. The van der Waals surface area contributed by atoms with E-state index >= 15 is 0 Å². The molecule has 3 N–H and O–H groups in total. The molecule has 1 heterocycles. The highest BCUT2D eigenvalue weighted by atomic mass is 16.4. The fourth-order valence-corrected chi connectivity index (χ4v) is 3.56. The molecule has 0 aliphatic carbocycles. The first kappa shape index (κ1) is 15.6. The highest BCUT2D eigenvalue weighted by molar-refractivity contribution is 5.88. The smallest absolute Gasteiger partial charge is 0.326 e. The molecule has 7 nitrogen and oxygen atoms in total. The summed E-state index contributed by atoms with van der Waals surface area (Å²) in [7, 11) is 0. The molecule has 0 aromatic heterocycles. The van der Waals surface area contributed by atoms with Crippen molar-refractivity contribution >= 4 is 17.8 Å². The van der Waals surface area contributed by atoms with Gasteiger partial charge in [-0.3, -0.25) is 14.9 Å². The van der Waals surface area contributed by atoms with Crippen LogP contribution >= 0.6 is 0 Å². The lowest BCUT2D eigenvalue weighted by Gasteiger charge is -2.36. The number of hydrogen-bond acceptors (Lipinski definition) is 4. The molecule has 1 aliphatic heterocycles. The Morgan fingerprint density at radius 1 is 1.17 bits per heavy atom. The topological polar surface area (TPSA) is 107 Å². The summed E-state index contributed by atoms with van der Waals surface area (Å²) in [6, 6.07) is 1.47. The maximum Gasteiger partial charge on any atom is 0.326 e. The van der Waals surface area contributed by atoms with Crippen LogP contribution in [0.2, 0.25) is 0 Å². The van der Waals surface area contributed by atoms with E-state index in [1.165, 1.54) is 11.8 Å². The van der Waals surface area contributed by atoms with Crippen LogP contribution in [-0.4, -0.2) is 51.1 Å². The molecular weight excluding hydrogens is 384 g/mol. The van der Waals surface area contributed by atoms with Crippen LogP contribution in [-0.2, 0) is 33.8 Å². The number of benzene rings is 2. The van der Waals surface area contributed by atoms with Gasteiger partial charge in [0.1, 0.15) is 12.1 Å². The Morgan fingerprint density at radius 2 is 1.83 bits per heavy atom. The van der Waals surface area contributed by atoms with Gasteiger partial charge in [0.15, 0.2) is 0 Å². The molecule has 7 heteroatoms. The second-order valence-electron chi connectivity index (χ2n) is 7.21. The number of rotatable bonds is 8. The lowest BCUT2D eigenvalue weighted by atomic mass is 9.93. The Morgan fingerprint density at radius 3 is 2.47 bits per heavy atom. The molecule has 1 amide bonds. The van der Waals surface area contributed by atoms with Crippen molar-refractivity contribution in [3.63, 3.8) is 0 Å². The highest BCUT2D eigenvalue weighted by Gasteiger charge is 2.37. The fourth-order valence-electron chi connectivity index (χ4n) is 3.56. The van der Waals surface area contributed by atoms with Gasteiger partial charge in [0.2, 0.25) is 5.91 Å². The van der Waals surface area contributed by atoms with E-state index in [0.29, 0.717) is 0 Å². The molecule has 3 rings (SSSR count). The Labute approximate surface area is 182 Å². The number of aliphatic carboxylic acids is 2. The van der Waals surface area contributed by atoms with E-state index in [-0.39, 0.29) is 31.4 Å². The Kier molecular flexibility index (Phi) is 4.97. The van der Waals surface area contributed by atoms with Crippen molar-refractivity contribution in [3.05, 3.63) is 71.2 Å². The van der Waals surface area contributed by atoms with E-state index in [1.54, 1.807) is 12.1 Å². The van der Waals surface area contributed by atoms with Crippen molar-refractivity contribution in [2.75, 3.05) is 0 Å². The average molecular weight is 416 g/mol. The van der Waals surface area contributed by atoms with E-state index in [1.807, 2.05) is 12.1 Å². The van der Waals surface area contributed by atoms with Crippen LogP contribution < -0.4 is 5.32 Å². The quantitative estimate of drug-likeness (QED) is 0.610. The van der Waals surface area contributed by atoms with E-state index < -0.39 is 66.2 Å². The number of nitrogens with zero attached hydrogens (tertiary/aromatic N) is 1. The number of carboxylic acids is 2. The molecule has 1 aliphatic rings. The first-order chi connectivity index (χ1) is 16.4. The van der Waals surface area contributed by atoms with Crippen molar-refractivity contribution in [3.8, 4) is 0 Å². The normalized spacial score (nSPS) is 20.0. The van der Waals surface area contributed by atoms with Crippen LogP contribution in [0.5, 0.6) is 0 Å². The van der Waals surface area contributed by atoms with E-state index in [0.717, 1.165) is 11.1 Å². The number of carboxylic acid groups (broad SMARTS) is 2. The van der Waals surface area contributed by atoms with Crippen molar-refractivity contribution in [2.24, 2.45) is 0 Å².